The Labute approximate surface area is 86.9 Å². The number of hydrogen-bond acceptors (Lipinski definition) is 3. The summed E-state index contributed by atoms with van der Waals surface area (Å²) in [7, 11) is -3.15. The molecule has 0 heterocycles. The van der Waals surface area contributed by atoms with Gasteiger partial charge in [0.2, 0.25) is 10.0 Å². The number of aliphatic hydroxyl groups excluding tert-OH is 1. The lowest BCUT2D eigenvalue weighted by atomic mass is 9.94. The van der Waals surface area contributed by atoms with Crippen LogP contribution in [-0.2, 0) is 10.0 Å². The van der Waals surface area contributed by atoms with Gasteiger partial charge in [-0.25, -0.2) is 13.1 Å². The summed E-state index contributed by atoms with van der Waals surface area (Å²) in [6, 6.07) is 0.00551. The Kier molecular flexibility index (Phi) is 4.15. The molecule has 4 nitrogen and oxygen atoms in total. The number of nitrogens with one attached hydrogen (secondary N) is 1. The SMILES string of the molecule is O=S(=O)(CBr)NC1CCC(O)CC1. The first-order valence-corrected chi connectivity index (χ1v) is 7.05. The summed E-state index contributed by atoms with van der Waals surface area (Å²) < 4.78 is 24.8. The highest BCUT2D eigenvalue weighted by molar-refractivity contribution is 9.10. The summed E-state index contributed by atoms with van der Waals surface area (Å²) in [6.07, 6.45) is 2.59. The van der Waals surface area contributed by atoms with E-state index in [-0.39, 0.29) is 16.8 Å². The predicted octanol–water partition coefficient (Wildman–Crippen LogP) is 0.562. The van der Waals surface area contributed by atoms with Gasteiger partial charge >= 0.3 is 0 Å². The fourth-order valence-electron chi connectivity index (χ4n) is 1.48. The molecule has 1 aliphatic carbocycles. The number of hydrogen-bond donors (Lipinski definition) is 2. The van der Waals surface area contributed by atoms with E-state index in [2.05, 4.69) is 20.7 Å². The molecule has 78 valence electrons. The molecule has 0 aromatic rings. The van der Waals surface area contributed by atoms with E-state index in [1.807, 2.05) is 0 Å². The largest absolute Gasteiger partial charge is 0.393 e. The smallest absolute Gasteiger partial charge is 0.221 e. The molecule has 0 bridgehead atoms. The summed E-state index contributed by atoms with van der Waals surface area (Å²) in [5.41, 5.74) is 0. The fourth-order valence-corrected chi connectivity index (χ4v) is 2.68. The summed E-state index contributed by atoms with van der Waals surface area (Å²) >= 11 is 2.91. The molecule has 0 saturated heterocycles. The zero-order chi connectivity index (χ0) is 9.90. The number of rotatable bonds is 3. The van der Waals surface area contributed by atoms with E-state index in [4.69, 9.17) is 0 Å². The van der Waals surface area contributed by atoms with Crippen LogP contribution in [0.2, 0.25) is 0 Å². The van der Waals surface area contributed by atoms with Crippen molar-refractivity contribution in [3.8, 4) is 0 Å². The summed E-state index contributed by atoms with van der Waals surface area (Å²) in [5, 5.41) is 9.20. The van der Waals surface area contributed by atoms with Gasteiger partial charge in [0, 0.05) is 6.04 Å². The van der Waals surface area contributed by atoms with Crippen LogP contribution in [-0.4, -0.2) is 30.3 Å². The highest BCUT2D eigenvalue weighted by Crippen LogP contribution is 2.18. The van der Waals surface area contributed by atoms with Gasteiger partial charge in [0.15, 0.2) is 0 Å². The molecule has 1 rings (SSSR count). The lowest BCUT2D eigenvalue weighted by Crippen LogP contribution is -2.38. The van der Waals surface area contributed by atoms with Crippen LogP contribution in [0.5, 0.6) is 0 Å². The topological polar surface area (TPSA) is 66.4 Å². The Balaban J connectivity index is 2.39. The summed E-state index contributed by atoms with van der Waals surface area (Å²) in [5.74, 6) is 0. The van der Waals surface area contributed by atoms with Crippen LogP contribution >= 0.6 is 15.9 Å². The van der Waals surface area contributed by atoms with Gasteiger partial charge in [0.1, 0.15) is 4.66 Å². The van der Waals surface area contributed by atoms with E-state index in [0.29, 0.717) is 12.8 Å². The first-order chi connectivity index (χ1) is 6.03. The van der Waals surface area contributed by atoms with E-state index in [1.165, 1.54) is 0 Å². The van der Waals surface area contributed by atoms with E-state index in [9.17, 15) is 13.5 Å². The normalized spacial score (nSPS) is 30.3. The first-order valence-electron chi connectivity index (χ1n) is 4.27. The quantitative estimate of drug-likeness (QED) is 0.738. The second-order valence-corrected chi connectivity index (χ2v) is 6.40. The highest BCUT2D eigenvalue weighted by Gasteiger charge is 2.22. The number of halogens is 1. The van der Waals surface area contributed by atoms with Crippen molar-refractivity contribution in [2.45, 2.75) is 37.8 Å². The molecule has 0 spiro atoms. The maximum Gasteiger partial charge on any atom is 0.221 e. The van der Waals surface area contributed by atoms with E-state index < -0.39 is 10.0 Å². The molecule has 1 fully saturated rings. The van der Waals surface area contributed by atoms with Gasteiger partial charge in [-0.1, -0.05) is 15.9 Å². The lowest BCUT2D eigenvalue weighted by molar-refractivity contribution is 0.120. The van der Waals surface area contributed by atoms with Crippen LogP contribution < -0.4 is 4.72 Å². The van der Waals surface area contributed by atoms with Crippen molar-refractivity contribution < 1.29 is 13.5 Å². The van der Waals surface area contributed by atoms with Gasteiger partial charge in [-0.2, -0.15) is 0 Å². The zero-order valence-corrected chi connectivity index (χ0v) is 9.64. The second kappa shape index (κ2) is 4.72. The molecule has 1 aliphatic rings. The van der Waals surface area contributed by atoms with Crippen molar-refractivity contribution in [1.82, 2.24) is 4.72 Å². The molecular weight excluding hydrogens is 258 g/mol. The van der Waals surface area contributed by atoms with Crippen LogP contribution in [0.15, 0.2) is 0 Å². The van der Waals surface area contributed by atoms with E-state index in [0.717, 1.165) is 12.8 Å². The minimum absolute atomic E-state index is 0.00551. The molecule has 0 aromatic heterocycles. The number of alkyl halides is 1. The van der Waals surface area contributed by atoms with Crippen LogP contribution in [0.1, 0.15) is 25.7 Å². The van der Waals surface area contributed by atoms with Crippen molar-refractivity contribution in [3.63, 3.8) is 0 Å². The Bertz CT molecular complexity index is 246. The minimum Gasteiger partial charge on any atom is -0.393 e. The molecule has 0 radical (unpaired) electrons. The Hall–Kier alpha value is 0.350. The Morgan fingerprint density at radius 3 is 2.31 bits per heavy atom. The zero-order valence-electron chi connectivity index (χ0n) is 7.24. The van der Waals surface area contributed by atoms with E-state index in [1.54, 1.807) is 0 Å². The maximum atomic E-state index is 11.1. The average molecular weight is 272 g/mol. The predicted molar refractivity (Wildman–Crippen MR) is 54.1 cm³/mol. The number of sulfonamides is 1. The van der Waals surface area contributed by atoms with Crippen molar-refractivity contribution in [1.29, 1.82) is 0 Å². The van der Waals surface area contributed by atoms with Crippen molar-refractivity contribution in [2.75, 3.05) is 4.66 Å². The van der Waals surface area contributed by atoms with Gasteiger partial charge in [0.25, 0.3) is 0 Å². The highest BCUT2D eigenvalue weighted by atomic mass is 79.9. The third-order valence-corrected chi connectivity index (χ3v) is 4.97. The fraction of sp³-hybridized carbons (Fsp3) is 1.00. The van der Waals surface area contributed by atoms with Crippen LogP contribution in [0.4, 0.5) is 0 Å². The van der Waals surface area contributed by atoms with Crippen LogP contribution in [0.3, 0.4) is 0 Å². The molecule has 6 heteroatoms. The maximum absolute atomic E-state index is 11.1. The average Bonchev–Trinajstić information content (AvgIpc) is 2.09. The molecule has 0 atom stereocenters. The molecule has 13 heavy (non-hydrogen) atoms. The Morgan fingerprint density at radius 1 is 1.31 bits per heavy atom. The monoisotopic (exact) mass is 271 g/mol. The third kappa shape index (κ3) is 3.93. The van der Waals surface area contributed by atoms with Gasteiger partial charge in [-0.3, -0.25) is 0 Å². The van der Waals surface area contributed by atoms with E-state index >= 15 is 0 Å². The van der Waals surface area contributed by atoms with Crippen LogP contribution in [0, 0.1) is 0 Å². The molecule has 0 aliphatic heterocycles. The van der Waals surface area contributed by atoms with Gasteiger partial charge < -0.3 is 5.11 Å². The molecule has 0 amide bonds. The minimum atomic E-state index is -3.15. The van der Waals surface area contributed by atoms with Gasteiger partial charge in [-0.15, -0.1) is 0 Å². The van der Waals surface area contributed by atoms with Crippen molar-refractivity contribution in [2.24, 2.45) is 0 Å². The number of aliphatic hydroxyl groups is 1. The standard InChI is InChI=1S/C7H14BrNO3S/c8-5-13(11,12)9-6-1-3-7(10)4-2-6/h6-7,9-10H,1-5H2. The first kappa shape index (κ1) is 11.4. The van der Waals surface area contributed by atoms with Gasteiger partial charge in [-0.05, 0) is 25.7 Å². The van der Waals surface area contributed by atoms with Crippen molar-refractivity contribution in [3.05, 3.63) is 0 Å². The van der Waals surface area contributed by atoms with Gasteiger partial charge in [0.05, 0.1) is 6.10 Å². The molecule has 1 saturated carbocycles. The molecular formula is C7H14BrNO3S. The lowest BCUT2D eigenvalue weighted by Gasteiger charge is -2.25. The molecule has 0 aromatic carbocycles. The second-order valence-electron chi connectivity index (χ2n) is 3.35. The molecule has 0 unspecified atom stereocenters. The van der Waals surface area contributed by atoms with Crippen molar-refractivity contribution >= 4 is 26.0 Å². The summed E-state index contributed by atoms with van der Waals surface area (Å²) in [6.45, 7) is 0. The molecule has 2 N–H and O–H groups in total. The Morgan fingerprint density at radius 2 is 1.85 bits per heavy atom. The van der Waals surface area contributed by atoms with Crippen LogP contribution in [0.25, 0.3) is 0 Å². The summed E-state index contributed by atoms with van der Waals surface area (Å²) in [4.78, 5) is 0. The third-order valence-electron chi connectivity index (χ3n) is 2.19.